The van der Waals surface area contributed by atoms with Crippen molar-refractivity contribution < 1.29 is 27.9 Å². The molecule has 2 fully saturated rings. The molecule has 202 valence electrons. The maximum absolute atomic E-state index is 13.3. The van der Waals surface area contributed by atoms with Crippen LogP contribution in [0.5, 0.6) is 5.75 Å². The van der Waals surface area contributed by atoms with Crippen LogP contribution in [0.25, 0.3) is 11.0 Å². The van der Waals surface area contributed by atoms with Gasteiger partial charge in [-0.05, 0) is 43.9 Å². The minimum atomic E-state index is -4.31. The minimum Gasteiger partial charge on any atom is -0.506 e. The Morgan fingerprint density at radius 1 is 1.16 bits per heavy atom. The standard InChI is InChI=1S/C20H24F3N3O2.C6H5N3O/c21-20(22,23)12-14-6-5-11-25(14)16(27)13-26-15-7-4-10-24-17(15)19(18(26)28)8-2-1-3-9-19;10-5-1-4-2-8-9-6(4)7-3-5/h4,7,10,14H,1-3,5-6,8-9,11-13H2;1-3,10H,(H,7,8,9)/t14-;/m1./s1. The number of nitrogens with zero attached hydrogens (tertiary/aromatic N) is 5. The summed E-state index contributed by atoms with van der Waals surface area (Å²) in [5.74, 6) is -0.377. The molecule has 0 bridgehead atoms. The number of carbonyl (C=O) groups excluding carboxylic acids is 2. The molecule has 2 N–H and O–H groups in total. The zero-order valence-corrected chi connectivity index (χ0v) is 20.7. The molecule has 3 aliphatic rings. The van der Waals surface area contributed by atoms with Gasteiger partial charge in [-0.2, -0.15) is 18.3 Å². The number of H-pyrrole nitrogens is 1. The largest absolute Gasteiger partial charge is 0.506 e. The van der Waals surface area contributed by atoms with Crippen LogP contribution in [0.4, 0.5) is 18.9 Å². The van der Waals surface area contributed by atoms with Gasteiger partial charge < -0.3 is 14.9 Å². The summed E-state index contributed by atoms with van der Waals surface area (Å²) >= 11 is 0. The van der Waals surface area contributed by atoms with Crippen molar-refractivity contribution in [3.63, 3.8) is 0 Å². The molecule has 3 aromatic heterocycles. The molecule has 9 nitrogen and oxygen atoms in total. The predicted octanol–water partition coefficient (Wildman–Crippen LogP) is 4.24. The number of aromatic amines is 1. The first-order valence-corrected chi connectivity index (χ1v) is 12.8. The van der Waals surface area contributed by atoms with E-state index in [-0.39, 0.29) is 18.2 Å². The van der Waals surface area contributed by atoms with E-state index < -0.39 is 30.0 Å². The van der Waals surface area contributed by atoms with Crippen molar-refractivity contribution in [2.45, 2.75) is 69.0 Å². The Labute approximate surface area is 217 Å². The molecular weight excluding hydrogens is 501 g/mol. The fourth-order valence-electron chi connectivity index (χ4n) is 5.91. The van der Waals surface area contributed by atoms with E-state index in [4.69, 9.17) is 5.11 Å². The number of carbonyl (C=O) groups is 2. The van der Waals surface area contributed by atoms with Crippen LogP contribution in [0, 0.1) is 0 Å². The number of amides is 2. The first kappa shape index (κ1) is 25.9. The van der Waals surface area contributed by atoms with Crippen LogP contribution < -0.4 is 4.90 Å². The summed E-state index contributed by atoms with van der Waals surface area (Å²) in [5, 5.41) is 16.2. The summed E-state index contributed by atoms with van der Waals surface area (Å²) in [5.41, 5.74) is 1.37. The number of anilines is 1. The van der Waals surface area contributed by atoms with Crippen LogP contribution in [0.1, 0.15) is 57.1 Å². The van der Waals surface area contributed by atoms with Crippen LogP contribution in [0.2, 0.25) is 0 Å². The van der Waals surface area contributed by atoms with Gasteiger partial charge in [-0.3, -0.25) is 19.7 Å². The topological polar surface area (TPSA) is 115 Å². The number of aromatic hydroxyl groups is 1. The maximum atomic E-state index is 13.3. The molecule has 1 spiro atoms. The number of hydrogen-bond donors (Lipinski definition) is 2. The lowest BCUT2D eigenvalue weighted by molar-refractivity contribution is -0.151. The van der Waals surface area contributed by atoms with Crippen molar-refractivity contribution in [2.24, 2.45) is 0 Å². The number of aromatic nitrogens is 4. The molecule has 2 aliphatic heterocycles. The lowest BCUT2D eigenvalue weighted by Gasteiger charge is -2.32. The van der Waals surface area contributed by atoms with Crippen molar-refractivity contribution >= 4 is 28.5 Å². The van der Waals surface area contributed by atoms with Crippen molar-refractivity contribution in [3.8, 4) is 5.75 Å². The van der Waals surface area contributed by atoms with E-state index in [1.54, 1.807) is 30.6 Å². The number of pyridine rings is 2. The molecule has 1 aliphatic carbocycles. The third-order valence-corrected chi connectivity index (χ3v) is 7.63. The predicted molar refractivity (Wildman–Crippen MR) is 132 cm³/mol. The zero-order valence-electron chi connectivity index (χ0n) is 20.7. The van der Waals surface area contributed by atoms with Gasteiger partial charge in [0.25, 0.3) is 0 Å². The average Bonchev–Trinajstić information content (AvgIpc) is 3.59. The first-order chi connectivity index (χ1) is 18.2. The molecule has 12 heteroatoms. The molecule has 1 atom stereocenters. The summed E-state index contributed by atoms with van der Waals surface area (Å²) in [6, 6.07) is 4.29. The van der Waals surface area contributed by atoms with E-state index in [1.165, 1.54) is 16.0 Å². The maximum Gasteiger partial charge on any atom is 0.391 e. The molecule has 6 rings (SSSR count). The van der Waals surface area contributed by atoms with Gasteiger partial charge in [-0.15, -0.1) is 0 Å². The summed E-state index contributed by atoms with van der Waals surface area (Å²) in [4.78, 5) is 37.3. The number of nitrogens with one attached hydrogen (secondary N) is 1. The number of alkyl halides is 3. The monoisotopic (exact) mass is 530 g/mol. The van der Waals surface area contributed by atoms with E-state index in [2.05, 4.69) is 20.2 Å². The summed E-state index contributed by atoms with van der Waals surface area (Å²) < 4.78 is 38.5. The lowest BCUT2D eigenvalue weighted by Crippen LogP contribution is -2.48. The van der Waals surface area contributed by atoms with Crippen LogP contribution in [0.15, 0.2) is 36.8 Å². The van der Waals surface area contributed by atoms with Gasteiger partial charge in [0.15, 0.2) is 5.65 Å². The summed E-state index contributed by atoms with van der Waals surface area (Å²) in [6.07, 6.45) is 4.62. The smallest absolute Gasteiger partial charge is 0.391 e. The molecule has 2 amide bonds. The van der Waals surface area contributed by atoms with Crippen molar-refractivity contribution in [2.75, 3.05) is 18.0 Å². The Morgan fingerprint density at radius 2 is 1.95 bits per heavy atom. The number of rotatable bonds is 3. The highest BCUT2D eigenvalue weighted by molar-refractivity contribution is 6.10. The summed E-state index contributed by atoms with van der Waals surface area (Å²) in [7, 11) is 0. The van der Waals surface area contributed by atoms with Gasteiger partial charge in [0.2, 0.25) is 11.8 Å². The van der Waals surface area contributed by atoms with Gasteiger partial charge in [-0.1, -0.05) is 19.3 Å². The second-order valence-corrected chi connectivity index (χ2v) is 10.1. The second-order valence-electron chi connectivity index (χ2n) is 10.1. The first-order valence-electron chi connectivity index (χ1n) is 12.8. The van der Waals surface area contributed by atoms with Crippen LogP contribution >= 0.6 is 0 Å². The van der Waals surface area contributed by atoms with Crippen molar-refractivity contribution in [3.05, 3.63) is 42.5 Å². The Kier molecular flexibility index (Phi) is 6.97. The SMILES string of the molecule is O=C(CN1C(=O)C2(CCCCC2)c2ncccc21)N1CCC[C@@H]1CC(F)(F)F.Oc1cnc2[nH]ncc2c1. The van der Waals surface area contributed by atoms with E-state index in [0.29, 0.717) is 43.6 Å². The highest BCUT2D eigenvalue weighted by atomic mass is 19.4. The molecule has 5 heterocycles. The number of halogens is 3. The Balaban J connectivity index is 0.000000244. The second kappa shape index (κ2) is 10.2. The molecule has 1 saturated carbocycles. The average molecular weight is 531 g/mol. The van der Waals surface area contributed by atoms with E-state index in [0.717, 1.165) is 30.3 Å². The number of hydrogen-bond acceptors (Lipinski definition) is 6. The van der Waals surface area contributed by atoms with Crippen LogP contribution in [0.3, 0.4) is 0 Å². The van der Waals surface area contributed by atoms with E-state index in [9.17, 15) is 22.8 Å². The Hall–Kier alpha value is -3.70. The number of likely N-dealkylation sites (tertiary alicyclic amines) is 1. The molecular formula is C26H29F3N6O3. The van der Waals surface area contributed by atoms with Crippen molar-refractivity contribution in [1.82, 2.24) is 25.1 Å². The van der Waals surface area contributed by atoms with E-state index >= 15 is 0 Å². The van der Waals surface area contributed by atoms with Crippen LogP contribution in [-0.4, -0.2) is 67.3 Å². The lowest BCUT2D eigenvalue weighted by atomic mass is 9.72. The Morgan fingerprint density at radius 3 is 2.71 bits per heavy atom. The normalized spacial score (nSPS) is 20.5. The highest BCUT2D eigenvalue weighted by Gasteiger charge is 2.53. The quantitative estimate of drug-likeness (QED) is 0.524. The van der Waals surface area contributed by atoms with Gasteiger partial charge >= 0.3 is 6.18 Å². The highest BCUT2D eigenvalue weighted by Crippen LogP contribution is 2.49. The fourth-order valence-corrected chi connectivity index (χ4v) is 5.91. The van der Waals surface area contributed by atoms with Gasteiger partial charge in [0.05, 0.1) is 35.6 Å². The third-order valence-electron chi connectivity index (χ3n) is 7.63. The van der Waals surface area contributed by atoms with Crippen molar-refractivity contribution in [1.29, 1.82) is 0 Å². The van der Waals surface area contributed by atoms with Gasteiger partial charge in [0, 0.05) is 24.2 Å². The molecule has 38 heavy (non-hydrogen) atoms. The molecule has 1 saturated heterocycles. The molecule has 0 unspecified atom stereocenters. The minimum absolute atomic E-state index is 0.124. The third kappa shape index (κ3) is 5.03. The van der Waals surface area contributed by atoms with Crippen LogP contribution in [-0.2, 0) is 15.0 Å². The fraction of sp³-hybridized carbons (Fsp3) is 0.500. The van der Waals surface area contributed by atoms with Gasteiger partial charge in [0.1, 0.15) is 12.3 Å². The van der Waals surface area contributed by atoms with Gasteiger partial charge in [-0.25, -0.2) is 4.98 Å². The zero-order chi connectivity index (χ0) is 26.9. The van der Waals surface area contributed by atoms with E-state index in [1.807, 2.05) is 0 Å². The molecule has 0 radical (unpaired) electrons. The number of fused-ring (bicyclic) bond motifs is 3. The summed E-state index contributed by atoms with van der Waals surface area (Å²) in [6.45, 7) is 0.0975. The molecule has 0 aromatic carbocycles. The molecule has 3 aromatic rings. The Bertz CT molecular complexity index is 1320.